The Morgan fingerprint density at radius 1 is 1.13 bits per heavy atom. The molecule has 2 aromatic heterocycles. The van der Waals surface area contributed by atoms with E-state index in [1.807, 2.05) is 12.1 Å². The van der Waals surface area contributed by atoms with Gasteiger partial charge in [0.05, 0.1) is 0 Å². The van der Waals surface area contributed by atoms with Gasteiger partial charge in [0.2, 0.25) is 0 Å². The van der Waals surface area contributed by atoms with Gasteiger partial charge in [0.1, 0.15) is 23.7 Å². The summed E-state index contributed by atoms with van der Waals surface area (Å²) in [5.74, 6) is 1.43. The summed E-state index contributed by atoms with van der Waals surface area (Å²) in [7, 11) is 0. The van der Waals surface area contributed by atoms with Gasteiger partial charge in [-0.1, -0.05) is 6.07 Å². The van der Waals surface area contributed by atoms with E-state index >= 15 is 0 Å². The van der Waals surface area contributed by atoms with Crippen molar-refractivity contribution in [1.82, 2.24) is 15.0 Å². The molecule has 1 saturated heterocycles. The maximum absolute atomic E-state index is 9.17. The van der Waals surface area contributed by atoms with E-state index in [-0.39, 0.29) is 6.04 Å². The predicted octanol–water partition coefficient (Wildman–Crippen LogP) is 1.33. The Morgan fingerprint density at radius 3 is 2.70 bits per heavy atom. The molecule has 7 heteroatoms. The van der Waals surface area contributed by atoms with Crippen LogP contribution in [0.2, 0.25) is 0 Å². The second kappa shape index (κ2) is 6.29. The lowest BCUT2D eigenvalue weighted by molar-refractivity contribution is 0.541. The van der Waals surface area contributed by atoms with Crippen LogP contribution in [0, 0.1) is 22.7 Å². The van der Waals surface area contributed by atoms with Crippen molar-refractivity contribution in [1.29, 1.82) is 10.5 Å². The molecule has 23 heavy (non-hydrogen) atoms. The van der Waals surface area contributed by atoms with Gasteiger partial charge in [-0.3, -0.25) is 0 Å². The average molecular weight is 305 g/mol. The summed E-state index contributed by atoms with van der Waals surface area (Å²) in [6, 6.07) is 9.79. The smallest absolute Gasteiger partial charge is 0.183 e. The van der Waals surface area contributed by atoms with Gasteiger partial charge in [-0.05, 0) is 19.1 Å². The molecule has 0 spiro atoms. The fourth-order valence-electron chi connectivity index (χ4n) is 2.78. The molecule has 1 fully saturated rings. The van der Waals surface area contributed by atoms with Gasteiger partial charge >= 0.3 is 0 Å². The summed E-state index contributed by atoms with van der Waals surface area (Å²) in [6.07, 6.45) is 3.13. The fourth-order valence-corrected chi connectivity index (χ4v) is 2.78. The molecule has 2 aromatic rings. The molecule has 0 bridgehead atoms. The SMILES string of the molecule is CC1CN(c2nccnc2C#N)CCN1c1cccc(C#N)n1. The van der Waals surface area contributed by atoms with Crippen molar-refractivity contribution in [3.63, 3.8) is 0 Å². The molecule has 1 atom stereocenters. The van der Waals surface area contributed by atoms with Crippen molar-refractivity contribution >= 4 is 11.6 Å². The largest absolute Gasteiger partial charge is 0.350 e. The van der Waals surface area contributed by atoms with Gasteiger partial charge in [-0.25, -0.2) is 15.0 Å². The molecular weight excluding hydrogens is 290 g/mol. The zero-order chi connectivity index (χ0) is 16.2. The van der Waals surface area contributed by atoms with E-state index in [1.54, 1.807) is 12.3 Å². The first-order valence-corrected chi connectivity index (χ1v) is 7.33. The van der Waals surface area contributed by atoms with Gasteiger partial charge < -0.3 is 9.80 Å². The average Bonchev–Trinajstić information content (AvgIpc) is 2.61. The van der Waals surface area contributed by atoms with Gasteiger partial charge in [0, 0.05) is 38.1 Å². The zero-order valence-electron chi connectivity index (χ0n) is 12.7. The van der Waals surface area contributed by atoms with Crippen molar-refractivity contribution in [2.45, 2.75) is 13.0 Å². The van der Waals surface area contributed by atoms with Crippen molar-refractivity contribution in [3.8, 4) is 12.1 Å². The maximum Gasteiger partial charge on any atom is 0.183 e. The van der Waals surface area contributed by atoms with E-state index < -0.39 is 0 Å². The van der Waals surface area contributed by atoms with E-state index in [9.17, 15) is 5.26 Å². The van der Waals surface area contributed by atoms with Gasteiger partial charge in [0.25, 0.3) is 0 Å². The third-order valence-corrected chi connectivity index (χ3v) is 3.86. The van der Waals surface area contributed by atoms with Crippen LogP contribution in [-0.4, -0.2) is 40.6 Å². The third kappa shape index (κ3) is 2.90. The van der Waals surface area contributed by atoms with Crippen LogP contribution in [0.3, 0.4) is 0 Å². The van der Waals surface area contributed by atoms with Crippen LogP contribution in [0.25, 0.3) is 0 Å². The molecule has 1 unspecified atom stereocenters. The van der Waals surface area contributed by atoms with Crippen LogP contribution in [0.4, 0.5) is 11.6 Å². The number of hydrogen-bond acceptors (Lipinski definition) is 7. The summed E-state index contributed by atoms with van der Waals surface area (Å²) < 4.78 is 0. The lowest BCUT2D eigenvalue weighted by Crippen LogP contribution is -2.53. The summed E-state index contributed by atoms with van der Waals surface area (Å²) in [6.45, 7) is 4.27. The third-order valence-electron chi connectivity index (χ3n) is 3.86. The summed E-state index contributed by atoms with van der Waals surface area (Å²) in [5, 5.41) is 18.2. The molecule has 0 aliphatic carbocycles. The number of piperazine rings is 1. The quantitative estimate of drug-likeness (QED) is 0.826. The topological polar surface area (TPSA) is 92.7 Å². The van der Waals surface area contributed by atoms with E-state index in [0.29, 0.717) is 23.8 Å². The highest BCUT2D eigenvalue weighted by atomic mass is 15.3. The molecule has 0 saturated carbocycles. The number of anilines is 2. The van der Waals surface area contributed by atoms with Crippen LogP contribution >= 0.6 is 0 Å². The Morgan fingerprint density at radius 2 is 1.96 bits per heavy atom. The molecule has 0 amide bonds. The van der Waals surface area contributed by atoms with Crippen LogP contribution in [0.15, 0.2) is 30.6 Å². The number of nitriles is 2. The Bertz CT molecular complexity index is 790. The van der Waals surface area contributed by atoms with Gasteiger partial charge in [0.15, 0.2) is 11.5 Å². The second-order valence-corrected chi connectivity index (χ2v) is 5.32. The van der Waals surface area contributed by atoms with Crippen LogP contribution in [0.5, 0.6) is 0 Å². The Hall–Kier alpha value is -3.19. The minimum Gasteiger partial charge on any atom is -0.350 e. The molecule has 0 N–H and O–H groups in total. The van der Waals surface area contributed by atoms with Crippen molar-refractivity contribution in [3.05, 3.63) is 42.0 Å². The van der Waals surface area contributed by atoms with Crippen molar-refractivity contribution in [2.75, 3.05) is 29.4 Å². The Labute approximate surface area is 134 Å². The molecule has 0 radical (unpaired) electrons. The van der Waals surface area contributed by atoms with E-state index in [1.165, 1.54) is 6.20 Å². The highest BCUT2D eigenvalue weighted by Gasteiger charge is 2.27. The second-order valence-electron chi connectivity index (χ2n) is 5.32. The lowest BCUT2D eigenvalue weighted by atomic mass is 10.1. The van der Waals surface area contributed by atoms with E-state index in [2.05, 4.69) is 43.8 Å². The standard InChI is InChI=1S/C16H15N7/c1-12-11-22(16-14(10-18)19-5-6-20-16)7-8-23(12)15-4-2-3-13(9-17)21-15/h2-6,12H,7-8,11H2,1H3. The van der Waals surface area contributed by atoms with Crippen LogP contribution in [0.1, 0.15) is 18.3 Å². The molecule has 1 aliphatic rings. The number of aromatic nitrogens is 3. The van der Waals surface area contributed by atoms with Crippen molar-refractivity contribution in [2.24, 2.45) is 0 Å². The number of rotatable bonds is 2. The molecule has 114 valence electrons. The molecule has 1 aliphatic heterocycles. The minimum absolute atomic E-state index is 0.179. The first-order chi connectivity index (χ1) is 11.2. The molecular formula is C16H15N7. The minimum atomic E-state index is 0.179. The fraction of sp³-hybridized carbons (Fsp3) is 0.312. The molecule has 3 heterocycles. The maximum atomic E-state index is 9.17. The zero-order valence-corrected chi connectivity index (χ0v) is 12.7. The predicted molar refractivity (Wildman–Crippen MR) is 84.7 cm³/mol. The number of nitrogens with zero attached hydrogens (tertiary/aromatic N) is 7. The van der Waals surface area contributed by atoms with Crippen molar-refractivity contribution < 1.29 is 0 Å². The summed E-state index contributed by atoms with van der Waals surface area (Å²) in [4.78, 5) is 17.0. The summed E-state index contributed by atoms with van der Waals surface area (Å²) >= 11 is 0. The van der Waals surface area contributed by atoms with Crippen LogP contribution in [-0.2, 0) is 0 Å². The highest BCUT2D eigenvalue weighted by Crippen LogP contribution is 2.22. The number of pyridine rings is 1. The molecule has 3 rings (SSSR count). The monoisotopic (exact) mass is 305 g/mol. The van der Waals surface area contributed by atoms with Gasteiger partial charge in [-0.15, -0.1) is 0 Å². The molecule has 7 nitrogen and oxygen atoms in total. The van der Waals surface area contributed by atoms with Crippen LogP contribution < -0.4 is 9.80 Å². The Balaban J connectivity index is 1.80. The van der Waals surface area contributed by atoms with E-state index in [4.69, 9.17) is 5.26 Å². The first-order valence-electron chi connectivity index (χ1n) is 7.33. The molecule has 0 aromatic carbocycles. The number of hydrogen-bond donors (Lipinski definition) is 0. The van der Waals surface area contributed by atoms with Gasteiger partial charge in [-0.2, -0.15) is 10.5 Å². The Kier molecular flexibility index (Phi) is 4.03. The first kappa shape index (κ1) is 14.7. The normalized spacial score (nSPS) is 17.4. The highest BCUT2D eigenvalue weighted by molar-refractivity contribution is 5.52. The van der Waals surface area contributed by atoms with E-state index in [0.717, 1.165) is 18.9 Å². The lowest BCUT2D eigenvalue weighted by Gasteiger charge is -2.41. The summed E-state index contributed by atoms with van der Waals surface area (Å²) in [5.41, 5.74) is 0.760.